The van der Waals surface area contributed by atoms with Crippen molar-refractivity contribution in [3.8, 4) is 11.8 Å². The van der Waals surface area contributed by atoms with Crippen molar-refractivity contribution in [3.63, 3.8) is 0 Å². The van der Waals surface area contributed by atoms with E-state index in [-0.39, 0.29) is 13.2 Å². The third kappa shape index (κ3) is 5.33. The Kier molecular flexibility index (Phi) is 6.90. The van der Waals surface area contributed by atoms with Crippen molar-refractivity contribution < 1.29 is 10.2 Å². The second-order valence-corrected chi connectivity index (χ2v) is 4.70. The van der Waals surface area contributed by atoms with Crippen molar-refractivity contribution in [2.75, 3.05) is 26.3 Å². The van der Waals surface area contributed by atoms with Crippen LogP contribution in [0.25, 0.3) is 0 Å². The smallest absolute Gasteiger partial charge is 0.104 e. The van der Waals surface area contributed by atoms with Crippen LogP contribution in [0.15, 0.2) is 11.4 Å². The Labute approximate surface area is 107 Å². The maximum Gasteiger partial charge on any atom is 0.104 e. The van der Waals surface area contributed by atoms with E-state index in [1.807, 2.05) is 5.38 Å². The third-order valence-electron chi connectivity index (χ3n) is 2.42. The topological polar surface area (TPSA) is 43.7 Å². The van der Waals surface area contributed by atoms with Crippen LogP contribution in [0.2, 0.25) is 0 Å². The summed E-state index contributed by atoms with van der Waals surface area (Å²) in [5, 5.41) is 19.4. The van der Waals surface area contributed by atoms with Gasteiger partial charge in [-0.05, 0) is 19.0 Å². The lowest BCUT2D eigenvalue weighted by molar-refractivity contribution is 0.226. The van der Waals surface area contributed by atoms with Crippen LogP contribution in [0.1, 0.15) is 23.8 Å². The lowest BCUT2D eigenvalue weighted by Crippen LogP contribution is -2.24. The second kappa shape index (κ2) is 8.26. The fraction of sp³-hybridized carbons (Fsp3) is 0.538. The molecule has 1 aromatic rings. The van der Waals surface area contributed by atoms with E-state index in [0.717, 1.165) is 31.6 Å². The van der Waals surface area contributed by atoms with E-state index in [4.69, 9.17) is 10.2 Å². The molecule has 1 rings (SSSR count). The lowest BCUT2D eigenvalue weighted by Gasteiger charge is -2.18. The maximum atomic E-state index is 8.81. The van der Waals surface area contributed by atoms with E-state index in [0.29, 0.717) is 0 Å². The third-order valence-corrected chi connectivity index (χ3v) is 3.35. The quantitative estimate of drug-likeness (QED) is 0.751. The van der Waals surface area contributed by atoms with E-state index >= 15 is 0 Å². The van der Waals surface area contributed by atoms with Gasteiger partial charge in [0.15, 0.2) is 0 Å². The highest BCUT2D eigenvalue weighted by molar-refractivity contribution is 7.10. The van der Waals surface area contributed by atoms with Gasteiger partial charge in [-0.3, -0.25) is 4.90 Å². The van der Waals surface area contributed by atoms with Crippen molar-refractivity contribution in [1.29, 1.82) is 0 Å². The second-order valence-electron chi connectivity index (χ2n) is 3.71. The average molecular weight is 253 g/mol. The molecule has 1 heterocycles. The summed E-state index contributed by atoms with van der Waals surface area (Å²) in [6, 6.07) is 2.06. The predicted molar refractivity (Wildman–Crippen MR) is 70.9 cm³/mol. The van der Waals surface area contributed by atoms with Crippen molar-refractivity contribution in [3.05, 3.63) is 21.9 Å². The molecule has 0 bridgehead atoms. The molecule has 0 saturated carbocycles. The van der Waals surface area contributed by atoms with E-state index in [2.05, 4.69) is 29.7 Å². The highest BCUT2D eigenvalue weighted by Crippen LogP contribution is 2.16. The van der Waals surface area contributed by atoms with Gasteiger partial charge in [-0.25, -0.2) is 0 Å². The molecule has 0 aliphatic rings. The summed E-state index contributed by atoms with van der Waals surface area (Å²) in [5.74, 6) is 5.55. The number of thiophene rings is 1. The van der Waals surface area contributed by atoms with Gasteiger partial charge in [0.05, 0.1) is 0 Å². The summed E-state index contributed by atoms with van der Waals surface area (Å²) in [7, 11) is 0. The zero-order valence-electron chi connectivity index (χ0n) is 10.1. The number of hydrogen-bond acceptors (Lipinski definition) is 4. The minimum absolute atomic E-state index is 0.0945. The molecule has 94 valence electrons. The largest absolute Gasteiger partial charge is 0.396 e. The molecule has 0 unspecified atom stereocenters. The first kappa shape index (κ1) is 14.2. The van der Waals surface area contributed by atoms with E-state index < -0.39 is 0 Å². The number of nitrogens with zero attached hydrogens (tertiary/aromatic N) is 1. The van der Waals surface area contributed by atoms with Gasteiger partial charge in [-0.2, -0.15) is 0 Å². The van der Waals surface area contributed by atoms with Crippen LogP contribution in [-0.4, -0.2) is 41.4 Å². The van der Waals surface area contributed by atoms with Gasteiger partial charge in [0.1, 0.15) is 6.61 Å². The minimum Gasteiger partial charge on any atom is -0.396 e. The van der Waals surface area contributed by atoms with E-state index in [1.165, 1.54) is 4.88 Å². The molecule has 0 aromatic carbocycles. The molecular formula is C13H19NO2S. The van der Waals surface area contributed by atoms with Crippen molar-refractivity contribution in [1.82, 2.24) is 4.90 Å². The van der Waals surface area contributed by atoms with Crippen LogP contribution < -0.4 is 0 Å². The Balaban J connectivity index is 2.51. The summed E-state index contributed by atoms with van der Waals surface area (Å²) in [6.07, 6.45) is 0.816. The summed E-state index contributed by atoms with van der Waals surface area (Å²) in [5.41, 5.74) is 0.970. The van der Waals surface area contributed by atoms with Crippen LogP contribution in [0.5, 0.6) is 0 Å². The lowest BCUT2D eigenvalue weighted by atomic mass is 10.3. The van der Waals surface area contributed by atoms with Gasteiger partial charge in [0.25, 0.3) is 0 Å². The van der Waals surface area contributed by atoms with Gasteiger partial charge >= 0.3 is 0 Å². The maximum absolute atomic E-state index is 8.81. The molecule has 0 aliphatic heterocycles. The normalized spacial score (nSPS) is 10.4. The van der Waals surface area contributed by atoms with Crippen LogP contribution in [-0.2, 0) is 6.54 Å². The van der Waals surface area contributed by atoms with Gasteiger partial charge < -0.3 is 10.2 Å². The predicted octanol–water partition coefficient (Wildman–Crippen LogP) is 1.30. The first-order valence-corrected chi connectivity index (χ1v) is 6.68. The molecule has 4 heteroatoms. The highest BCUT2D eigenvalue weighted by Gasteiger charge is 2.05. The Morgan fingerprint density at radius 1 is 1.41 bits per heavy atom. The summed E-state index contributed by atoms with van der Waals surface area (Å²) in [6.45, 7) is 5.08. The molecule has 0 aliphatic carbocycles. The van der Waals surface area contributed by atoms with Crippen LogP contribution >= 0.6 is 11.3 Å². The molecule has 0 radical (unpaired) electrons. The first-order chi connectivity index (χ1) is 8.30. The Morgan fingerprint density at radius 3 is 2.88 bits per heavy atom. The zero-order valence-corrected chi connectivity index (χ0v) is 11.0. The molecule has 17 heavy (non-hydrogen) atoms. The van der Waals surface area contributed by atoms with Crippen LogP contribution in [0, 0.1) is 11.8 Å². The van der Waals surface area contributed by atoms with Crippen molar-refractivity contribution >= 4 is 11.3 Å². The molecule has 0 spiro atoms. The summed E-state index contributed by atoms with van der Waals surface area (Å²) >= 11 is 1.69. The average Bonchev–Trinajstić information content (AvgIpc) is 2.79. The molecule has 3 nitrogen and oxygen atoms in total. The summed E-state index contributed by atoms with van der Waals surface area (Å²) < 4.78 is 0. The molecule has 2 N–H and O–H groups in total. The number of hydrogen-bond donors (Lipinski definition) is 2. The van der Waals surface area contributed by atoms with Crippen molar-refractivity contribution in [2.24, 2.45) is 0 Å². The molecule has 0 atom stereocenters. The van der Waals surface area contributed by atoms with E-state index in [9.17, 15) is 0 Å². The van der Waals surface area contributed by atoms with Crippen LogP contribution in [0.4, 0.5) is 0 Å². The van der Waals surface area contributed by atoms with Gasteiger partial charge in [0.2, 0.25) is 0 Å². The molecule has 0 amide bonds. The standard InChI is InChI=1S/C13H19NO2S/c1-2-14(6-4-8-16)10-13-9-12(11-17-13)5-3-7-15/h9,11,15-16H,2,4,6-8,10H2,1H3. The monoisotopic (exact) mass is 253 g/mol. The van der Waals surface area contributed by atoms with Gasteiger partial charge in [-0.1, -0.05) is 18.8 Å². The van der Waals surface area contributed by atoms with E-state index in [1.54, 1.807) is 11.3 Å². The van der Waals surface area contributed by atoms with Crippen molar-refractivity contribution in [2.45, 2.75) is 19.9 Å². The number of rotatable bonds is 6. The minimum atomic E-state index is -0.0945. The fourth-order valence-electron chi connectivity index (χ4n) is 1.53. The van der Waals surface area contributed by atoms with Gasteiger partial charge in [0, 0.05) is 35.5 Å². The Hall–Kier alpha value is -0.860. The van der Waals surface area contributed by atoms with Crippen LogP contribution in [0.3, 0.4) is 0 Å². The Morgan fingerprint density at radius 2 is 2.24 bits per heavy atom. The molecule has 0 saturated heterocycles. The highest BCUT2D eigenvalue weighted by atomic mass is 32.1. The zero-order chi connectivity index (χ0) is 12.5. The number of aliphatic hydroxyl groups excluding tert-OH is 2. The number of aliphatic hydroxyl groups is 2. The molecule has 1 aromatic heterocycles. The fourth-order valence-corrected chi connectivity index (χ4v) is 2.39. The Bertz CT molecular complexity index is 378. The summed E-state index contributed by atoms with van der Waals surface area (Å²) in [4.78, 5) is 3.57. The van der Waals surface area contributed by atoms with Gasteiger partial charge in [-0.15, -0.1) is 11.3 Å². The first-order valence-electron chi connectivity index (χ1n) is 5.80. The molecular weight excluding hydrogens is 234 g/mol. The molecule has 0 fully saturated rings. The SMILES string of the molecule is CCN(CCCO)Cc1cc(C#CCO)cs1.